The number of hydrogen-bond donors (Lipinski definition) is 1. The molecule has 0 bridgehead atoms. The smallest absolute Gasteiger partial charge is 0.254 e. The highest BCUT2D eigenvalue weighted by atomic mass is 32.2. The van der Waals surface area contributed by atoms with E-state index in [9.17, 15) is 18.0 Å². The lowest BCUT2D eigenvalue weighted by atomic mass is 10.1. The van der Waals surface area contributed by atoms with Gasteiger partial charge in [0.25, 0.3) is 5.91 Å². The van der Waals surface area contributed by atoms with Crippen molar-refractivity contribution < 1.29 is 18.0 Å². The fourth-order valence-electron chi connectivity index (χ4n) is 2.99. The van der Waals surface area contributed by atoms with Crippen molar-refractivity contribution >= 4 is 21.8 Å². The standard InChI is InChI=1S/C19H29N3O4S/c1-5-21(14-17(23)20-19(2,3)4)18(24)15-8-10-16(11-9-15)27(25,26)22-12-6-7-13-22/h8-11H,5-7,12-14H2,1-4H3,(H,20,23). The van der Waals surface area contributed by atoms with Crippen LogP contribution in [0.3, 0.4) is 0 Å². The molecule has 1 aliphatic heterocycles. The van der Waals surface area contributed by atoms with E-state index in [1.165, 1.54) is 33.5 Å². The number of carbonyl (C=O) groups is 2. The van der Waals surface area contributed by atoms with Crippen molar-refractivity contribution in [3.8, 4) is 0 Å². The van der Waals surface area contributed by atoms with Crippen molar-refractivity contribution in [2.24, 2.45) is 0 Å². The summed E-state index contributed by atoms with van der Waals surface area (Å²) >= 11 is 0. The molecular weight excluding hydrogens is 366 g/mol. The van der Waals surface area contributed by atoms with Crippen molar-refractivity contribution in [1.29, 1.82) is 0 Å². The molecule has 0 atom stereocenters. The third-order valence-corrected chi connectivity index (χ3v) is 6.23. The maximum Gasteiger partial charge on any atom is 0.254 e. The first kappa shape index (κ1) is 21.4. The summed E-state index contributed by atoms with van der Waals surface area (Å²) in [7, 11) is -3.50. The first-order valence-electron chi connectivity index (χ1n) is 9.25. The molecular formula is C19H29N3O4S. The van der Waals surface area contributed by atoms with Crippen LogP contribution in [-0.2, 0) is 14.8 Å². The predicted molar refractivity (Wildman–Crippen MR) is 104 cm³/mol. The van der Waals surface area contributed by atoms with Crippen LogP contribution in [0.1, 0.15) is 50.9 Å². The summed E-state index contributed by atoms with van der Waals surface area (Å²) in [4.78, 5) is 26.4. The summed E-state index contributed by atoms with van der Waals surface area (Å²) in [5, 5.41) is 2.83. The molecule has 2 rings (SSSR count). The fraction of sp³-hybridized carbons (Fsp3) is 0.579. The Morgan fingerprint density at radius 2 is 1.67 bits per heavy atom. The van der Waals surface area contributed by atoms with Gasteiger partial charge in [0.15, 0.2) is 0 Å². The second-order valence-electron chi connectivity index (χ2n) is 7.75. The molecule has 0 aliphatic carbocycles. The van der Waals surface area contributed by atoms with Gasteiger partial charge in [0.05, 0.1) is 11.4 Å². The lowest BCUT2D eigenvalue weighted by molar-refractivity contribution is -0.123. The van der Waals surface area contributed by atoms with Crippen molar-refractivity contribution in [3.05, 3.63) is 29.8 Å². The summed E-state index contributed by atoms with van der Waals surface area (Å²) in [6.07, 6.45) is 1.75. The summed E-state index contributed by atoms with van der Waals surface area (Å²) in [5.41, 5.74) is -0.00808. The molecule has 1 fully saturated rings. The third-order valence-electron chi connectivity index (χ3n) is 4.32. The molecule has 0 spiro atoms. The Kier molecular flexibility index (Phi) is 6.64. The van der Waals surface area contributed by atoms with Gasteiger partial charge in [0.2, 0.25) is 15.9 Å². The van der Waals surface area contributed by atoms with Crippen LogP contribution in [0.2, 0.25) is 0 Å². The molecule has 1 heterocycles. The number of amides is 2. The maximum atomic E-state index is 12.7. The molecule has 0 aromatic heterocycles. The van der Waals surface area contributed by atoms with Gasteiger partial charge in [-0.15, -0.1) is 0 Å². The molecule has 1 aromatic rings. The van der Waals surface area contributed by atoms with Gasteiger partial charge in [-0.25, -0.2) is 8.42 Å². The van der Waals surface area contributed by atoms with Gasteiger partial charge in [-0.1, -0.05) is 0 Å². The Balaban J connectivity index is 2.10. The highest BCUT2D eigenvalue weighted by Gasteiger charge is 2.27. The van der Waals surface area contributed by atoms with E-state index >= 15 is 0 Å². The minimum atomic E-state index is -3.50. The highest BCUT2D eigenvalue weighted by Crippen LogP contribution is 2.21. The minimum absolute atomic E-state index is 0.0412. The molecule has 1 aliphatic rings. The second-order valence-corrected chi connectivity index (χ2v) is 9.69. The van der Waals surface area contributed by atoms with Crippen LogP contribution in [0.25, 0.3) is 0 Å². The zero-order valence-corrected chi connectivity index (χ0v) is 17.3. The third kappa shape index (κ3) is 5.52. The van der Waals surface area contributed by atoms with Crippen molar-refractivity contribution in [1.82, 2.24) is 14.5 Å². The Hall–Kier alpha value is -1.93. The van der Waals surface area contributed by atoms with Gasteiger partial charge in [-0.05, 0) is 64.8 Å². The number of nitrogens with one attached hydrogen (secondary N) is 1. The van der Waals surface area contributed by atoms with E-state index in [2.05, 4.69) is 5.32 Å². The predicted octanol–water partition coefficient (Wildman–Crippen LogP) is 1.85. The number of nitrogens with zero attached hydrogens (tertiary/aromatic N) is 2. The quantitative estimate of drug-likeness (QED) is 0.796. The van der Waals surface area contributed by atoms with Crippen LogP contribution in [-0.4, -0.2) is 61.2 Å². The van der Waals surface area contributed by atoms with Gasteiger partial charge < -0.3 is 10.2 Å². The van der Waals surface area contributed by atoms with E-state index in [4.69, 9.17) is 0 Å². The Labute approximate surface area is 161 Å². The number of sulfonamides is 1. The van der Waals surface area contributed by atoms with Crippen molar-refractivity contribution in [2.75, 3.05) is 26.2 Å². The molecule has 1 N–H and O–H groups in total. The van der Waals surface area contributed by atoms with E-state index in [0.717, 1.165) is 12.8 Å². The van der Waals surface area contributed by atoms with E-state index in [1.54, 1.807) is 6.92 Å². The number of carbonyl (C=O) groups excluding carboxylic acids is 2. The zero-order chi connectivity index (χ0) is 20.2. The molecule has 2 amide bonds. The van der Waals surface area contributed by atoms with Crippen LogP contribution in [0, 0.1) is 0 Å². The average Bonchev–Trinajstić information content (AvgIpc) is 3.13. The van der Waals surface area contributed by atoms with Gasteiger partial charge in [0.1, 0.15) is 0 Å². The van der Waals surface area contributed by atoms with Crippen molar-refractivity contribution in [2.45, 2.75) is 51.0 Å². The molecule has 0 saturated carbocycles. The molecule has 27 heavy (non-hydrogen) atoms. The average molecular weight is 396 g/mol. The van der Waals surface area contributed by atoms with Crippen molar-refractivity contribution in [3.63, 3.8) is 0 Å². The number of rotatable bonds is 6. The van der Waals surface area contributed by atoms with Crippen LogP contribution in [0.4, 0.5) is 0 Å². The lowest BCUT2D eigenvalue weighted by Crippen LogP contribution is -2.47. The largest absolute Gasteiger partial charge is 0.350 e. The van der Waals surface area contributed by atoms with Gasteiger partial charge >= 0.3 is 0 Å². The van der Waals surface area contributed by atoms with Crippen LogP contribution < -0.4 is 5.32 Å². The summed E-state index contributed by atoms with van der Waals surface area (Å²) in [5.74, 6) is -0.530. The molecule has 8 heteroatoms. The Bertz CT molecular complexity index is 776. The number of likely N-dealkylation sites (N-methyl/N-ethyl adjacent to an activating group) is 1. The molecule has 0 unspecified atom stereocenters. The molecule has 0 radical (unpaired) electrons. The van der Waals surface area contributed by atoms with Gasteiger partial charge in [-0.3, -0.25) is 9.59 Å². The molecule has 1 saturated heterocycles. The SMILES string of the molecule is CCN(CC(=O)NC(C)(C)C)C(=O)c1ccc(S(=O)(=O)N2CCCC2)cc1. The monoisotopic (exact) mass is 395 g/mol. The minimum Gasteiger partial charge on any atom is -0.350 e. The molecule has 7 nitrogen and oxygen atoms in total. The Morgan fingerprint density at radius 3 is 2.15 bits per heavy atom. The second kappa shape index (κ2) is 8.39. The maximum absolute atomic E-state index is 12.7. The molecule has 150 valence electrons. The van der Waals surface area contributed by atoms with E-state index in [0.29, 0.717) is 25.2 Å². The molecule has 1 aromatic carbocycles. The number of hydrogen-bond acceptors (Lipinski definition) is 4. The normalized spacial score (nSPS) is 15.6. The van der Waals surface area contributed by atoms with Crippen LogP contribution >= 0.6 is 0 Å². The van der Waals surface area contributed by atoms with Crippen LogP contribution in [0.5, 0.6) is 0 Å². The van der Waals surface area contributed by atoms with Gasteiger partial charge in [0, 0.05) is 30.7 Å². The summed E-state index contributed by atoms with van der Waals surface area (Å²) in [6, 6.07) is 5.94. The summed E-state index contributed by atoms with van der Waals surface area (Å²) < 4.78 is 26.6. The Morgan fingerprint density at radius 1 is 1.11 bits per heavy atom. The first-order valence-corrected chi connectivity index (χ1v) is 10.7. The van der Waals surface area contributed by atoms with E-state index < -0.39 is 10.0 Å². The highest BCUT2D eigenvalue weighted by molar-refractivity contribution is 7.89. The number of benzene rings is 1. The summed E-state index contributed by atoms with van der Waals surface area (Å²) in [6.45, 7) is 8.85. The van der Waals surface area contributed by atoms with Crippen LogP contribution in [0.15, 0.2) is 29.2 Å². The van der Waals surface area contributed by atoms with E-state index in [1.807, 2.05) is 20.8 Å². The van der Waals surface area contributed by atoms with Gasteiger partial charge in [-0.2, -0.15) is 4.31 Å². The topological polar surface area (TPSA) is 86.8 Å². The fourth-order valence-corrected chi connectivity index (χ4v) is 4.51. The lowest BCUT2D eigenvalue weighted by Gasteiger charge is -2.25. The van der Waals surface area contributed by atoms with E-state index in [-0.39, 0.29) is 28.8 Å². The zero-order valence-electron chi connectivity index (χ0n) is 16.5. The first-order chi connectivity index (χ1) is 12.5.